The normalized spacial score (nSPS) is 29.9. The van der Waals surface area contributed by atoms with Gasteiger partial charge in [0, 0.05) is 25.7 Å². The summed E-state index contributed by atoms with van der Waals surface area (Å²) >= 11 is 0. The summed E-state index contributed by atoms with van der Waals surface area (Å²) in [6.07, 6.45) is 3.77. The molecule has 2 heterocycles. The predicted octanol–water partition coefficient (Wildman–Crippen LogP) is 0.386. The topological polar surface area (TPSA) is 66.6 Å². The molecule has 0 aromatic heterocycles. The minimum Gasteiger partial charge on any atom is -0.330 e. The van der Waals surface area contributed by atoms with Crippen molar-refractivity contribution in [2.24, 2.45) is 11.7 Å². The fourth-order valence-corrected chi connectivity index (χ4v) is 4.66. The van der Waals surface area contributed by atoms with Gasteiger partial charge in [0.25, 0.3) is 10.2 Å². The molecule has 0 amide bonds. The highest BCUT2D eigenvalue weighted by Crippen LogP contribution is 2.26. The van der Waals surface area contributed by atoms with E-state index in [1.165, 1.54) is 0 Å². The van der Waals surface area contributed by atoms with E-state index >= 15 is 0 Å². The number of nitrogens with zero attached hydrogens (tertiary/aromatic N) is 2. The first-order valence-corrected chi connectivity index (χ1v) is 7.92. The lowest BCUT2D eigenvalue weighted by Gasteiger charge is -2.34. The van der Waals surface area contributed by atoms with Gasteiger partial charge in [0.1, 0.15) is 0 Å². The van der Waals surface area contributed by atoms with E-state index in [9.17, 15) is 8.42 Å². The molecule has 0 aromatic carbocycles. The zero-order chi connectivity index (χ0) is 12.5. The highest BCUT2D eigenvalue weighted by atomic mass is 32.2. The molecule has 100 valence electrons. The third-order valence-corrected chi connectivity index (χ3v) is 6.17. The van der Waals surface area contributed by atoms with Crippen LogP contribution in [0.5, 0.6) is 0 Å². The molecule has 0 bridgehead atoms. The summed E-state index contributed by atoms with van der Waals surface area (Å²) in [5, 5.41) is 0. The first kappa shape index (κ1) is 13.3. The van der Waals surface area contributed by atoms with Gasteiger partial charge in [0.15, 0.2) is 0 Å². The SMILES string of the molecule is CC1CCCN1S(=O)(=O)N1CCC(CN)CC1. The molecule has 1 unspecified atom stereocenters. The van der Waals surface area contributed by atoms with Crippen LogP contribution in [0.1, 0.15) is 32.6 Å². The van der Waals surface area contributed by atoms with Crippen molar-refractivity contribution in [3.8, 4) is 0 Å². The lowest BCUT2D eigenvalue weighted by molar-refractivity contribution is 0.256. The second-order valence-corrected chi connectivity index (χ2v) is 7.07. The Morgan fingerprint density at radius 3 is 2.29 bits per heavy atom. The van der Waals surface area contributed by atoms with Gasteiger partial charge in [-0.05, 0) is 45.1 Å². The van der Waals surface area contributed by atoms with Crippen LogP contribution in [0.15, 0.2) is 0 Å². The minimum atomic E-state index is -3.22. The molecule has 0 spiro atoms. The monoisotopic (exact) mass is 261 g/mol. The summed E-state index contributed by atoms with van der Waals surface area (Å²) in [5.74, 6) is 0.498. The van der Waals surface area contributed by atoms with E-state index in [2.05, 4.69) is 0 Å². The number of hydrogen-bond donors (Lipinski definition) is 1. The molecule has 0 saturated carbocycles. The summed E-state index contributed by atoms with van der Waals surface area (Å²) in [6.45, 7) is 4.62. The van der Waals surface area contributed by atoms with Crippen molar-refractivity contribution in [3.05, 3.63) is 0 Å². The molecule has 6 heteroatoms. The van der Waals surface area contributed by atoms with Gasteiger partial charge in [0.2, 0.25) is 0 Å². The fourth-order valence-electron chi connectivity index (χ4n) is 2.77. The van der Waals surface area contributed by atoms with Gasteiger partial charge in [-0.1, -0.05) is 0 Å². The molecule has 0 radical (unpaired) electrons. The van der Waals surface area contributed by atoms with Gasteiger partial charge < -0.3 is 5.73 Å². The van der Waals surface area contributed by atoms with Crippen molar-refractivity contribution in [2.45, 2.75) is 38.6 Å². The Balaban J connectivity index is 2.02. The Morgan fingerprint density at radius 1 is 1.18 bits per heavy atom. The first-order chi connectivity index (χ1) is 8.05. The van der Waals surface area contributed by atoms with Crippen LogP contribution in [0, 0.1) is 5.92 Å². The largest absolute Gasteiger partial charge is 0.330 e. The molecule has 2 rings (SSSR count). The summed E-state index contributed by atoms with van der Waals surface area (Å²) in [5.41, 5.74) is 5.62. The van der Waals surface area contributed by atoms with Gasteiger partial charge in [-0.15, -0.1) is 0 Å². The second-order valence-electron chi connectivity index (χ2n) is 5.19. The van der Waals surface area contributed by atoms with Crippen molar-refractivity contribution in [1.82, 2.24) is 8.61 Å². The van der Waals surface area contributed by atoms with E-state index in [-0.39, 0.29) is 6.04 Å². The zero-order valence-corrected chi connectivity index (χ0v) is 11.3. The smallest absolute Gasteiger partial charge is 0.282 e. The average Bonchev–Trinajstić information content (AvgIpc) is 2.76. The van der Waals surface area contributed by atoms with E-state index in [0.717, 1.165) is 25.7 Å². The van der Waals surface area contributed by atoms with E-state index in [0.29, 0.717) is 32.1 Å². The Bertz CT molecular complexity index is 350. The maximum Gasteiger partial charge on any atom is 0.282 e. The van der Waals surface area contributed by atoms with E-state index < -0.39 is 10.2 Å². The summed E-state index contributed by atoms with van der Waals surface area (Å²) in [4.78, 5) is 0. The van der Waals surface area contributed by atoms with Crippen LogP contribution in [0.2, 0.25) is 0 Å². The van der Waals surface area contributed by atoms with Crippen LogP contribution in [0.25, 0.3) is 0 Å². The van der Waals surface area contributed by atoms with E-state index in [4.69, 9.17) is 5.73 Å². The highest BCUT2D eigenvalue weighted by Gasteiger charge is 2.37. The van der Waals surface area contributed by atoms with Gasteiger partial charge >= 0.3 is 0 Å². The Morgan fingerprint density at radius 2 is 1.82 bits per heavy atom. The van der Waals surface area contributed by atoms with Gasteiger partial charge in [-0.25, -0.2) is 0 Å². The van der Waals surface area contributed by atoms with Gasteiger partial charge in [0.05, 0.1) is 0 Å². The van der Waals surface area contributed by atoms with E-state index in [1.54, 1.807) is 8.61 Å². The van der Waals surface area contributed by atoms with Crippen LogP contribution in [0.4, 0.5) is 0 Å². The first-order valence-electron chi connectivity index (χ1n) is 6.52. The fraction of sp³-hybridized carbons (Fsp3) is 1.00. The molecule has 2 aliphatic heterocycles. The summed E-state index contributed by atoms with van der Waals surface area (Å²) in [6, 6.07) is 0.159. The number of piperidine rings is 1. The third-order valence-electron chi connectivity index (χ3n) is 4.02. The number of hydrogen-bond acceptors (Lipinski definition) is 3. The van der Waals surface area contributed by atoms with Crippen molar-refractivity contribution in [1.29, 1.82) is 0 Å². The maximum absolute atomic E-state index is 12.4. The Kier molecular flexibility index (Phi) is 4.07. The Labute approximate surface area is 104 Å². The lowest BCUT2D eigenvalue weighted by Crippen LogP contribution is -2.48. The summed E-state index contributed by atoms with van der Waals surface area (Å²) in [7, 11) is -3.22. The van der Waals surface area contributed by atoms with Gasteiger partial charge in [-0.3, -0.25) is 0 Å². The molecule has 2 fully saturated rings. The van der Waals surface area contributed by atoms with Crippen LogP contribution < -0.4 is 5.73 Å². The maximum atomic E-state index is 12.4. The second kappa shape index (κ2) is 5.22. The summed E-state index contributed by atoms with van der Waals surface area (Å²) < 4.78 is 28.1. The molecule has 0 aliphatic carbocycles. The van der Waals surface area contributed by atoms with Crippen LogP contribution in [-0.2, 0) is 10.2 Å². The molecule has 2 saturated heterocycles. The molecule has 1 atom stereocenters. The van der Waals surface area contributed by atoms with Crippen LogP contribution >= 0.6 is 0 Å². The van der Waals surface area contributed by atoms with Crippen molar-refractivity contribution < 1.29 is 8.42 Å². The lowest BCUT2D eigenvalue weighted by atomic mass is 9.99. The number of rotatable bonds is 3. The van der Waals surface area contributed by atoms with Crippen molar-refractivity contribution in [2.75, 3.05) is 26.2 Å². The highest BCUT2D eigenvalue weighted by molar-refractivity contribution is 7.86. The molecule has 5 nitrogen and oxygen atoms in total. The van der Waals surface area contributed by atoms with E-state index in [1.807, 2.05) is 6.92 Å². The molecular weight excluding hydrogens is 238 g/mol. The molecule has 2 N–H and O–H groups in total. The van der Waals surface area contributed by atoms with Crippen molar-refractivity contribution in [3.63, 3.8) is 0 Å². The standard InChI is InChI=1S/C11H23N3O2S/c1-10-3-2-6-14(10)17(15,16)13-7-4-11(9-12)5-8-13/h10-11H,2-9,12H2,1H3. The predicted molar refractivity (Wildman–Crippen MR) is 67.7 cm³/mol. The van der Waals surface area contributed by atoms with Crippen LogP contribution in [0.3, 0.4) is 0 Å². The van der Waals surface area contributed by atoms with Crippen LogP contribution in [-0.4, -0.2) is 49.2 Å². The zero-order valence-electron chi connectivity index (χ0n) is 10.5. The minimum absolute atomic E-state index is 0.159. The quantitative estimate of drug-likeness (QED) is 0.799. The van der Waals surface area contributed by atoms with Gasteiger partial charge in [-0.2, -0.15) is 17.0 Å². The number of nitrogens with two attached hydrogens (primary N) is 1. The molecular formula is C11H23N3O2S. The average molecular weight is 261 g/mol. The Hall–Kier alpha value is -0.170. The van der Waals surface area contributed by atoms with Crippen molar-refractivity contribution >= 4 is 10.2 Å². The molecule has 2 aliphatic rings. The third kappa shape index (κ3) is 2.65. The molecule has 17 heavy (non-hydrogen) atoms. The molecule has 0 aromatic rings.